The number of likely N-dealkylation sites (N-methyl/N-ethyl adjacent to an activating group) is 1. The number of carbonyl (C=O) groups is 2. The summed E-state index contributed by atoms with van der Waals surface area (Å²) < 4.78 is 5.17. The van der Waals surface area contributed by atoms with E-state index in [0.717, 1.165) is 0 Å². The first-order chi connectivity index (χ1) is 11.4. The maximum atomic E-state index is 12.3. The van der Waals surface area contributed by atoms with Gasteiger partial charge in [0.2, 0.25) is 5.91 Å². The van der Waals surface area contributed by atoms with Gasteiger partial charge < -0.3 is 15.0 Å². The van der Waals surface area contributed by atoms with Gasteiger partial charge in [-0.15, -0.1) is 0 Å². The Morgan fingerprint density at radius 1 is 1.17 bits per heavy atom. The summed E-state index contributed by atoms with van der Waals surface area (Å²) in [5.41, 5.74) is 0.781. The first-order valence-electron chi connectivity index (χ1n) is 7.05. The van der Waals surface area contributed by atoms with Gasteiger partial charge in [-0.2, -0.15) is 0 Å². The number of halogens is 2. The van der Waals surface area contributed by atoms with E-state index in [1.165, 1.54) is 19.1 Å². The van der Waals surface area contributed by atoms with Crippen molar-refractivity contribution in [3.8, 4) is 5.75 Å². The second-order valence-electron chi connectivity index (χ2n) is 5.03. The van der Waals surface area contributed by atoms with Crippen molar-refractivity contribution in [2.24, 2.45) is 0 Å². The van der Waals surface area contributed by atoms with Crippen LogP contribution in [0.4, 0.5) is 5.69 Å². The molecule has 0 bridgehead atoms. The van der Waals surface area contributed by atoms with E-state index in [4.69, 9.17) is 27.9 Å². The van der Waals surface area contributed by atoms with E-state index >= 15 is 0 Å². The summed E-state index contributed by atoms with van der Waals surface area (Å²) in [6.07, 6.45) is 0. The number of benzene rings is 2. The van der Waals surface area contributed by atoms with Crippen molar-refractivity contribution in [3.05, 3.63) is 58.1 Å². The van der Waals surface area contributed by atoms with Crippen LogP contribution in [0.1, 0.15) is 10.4 Å². The first kappa shape index (κ1) is 18.1. The molecule has 0 aromatic heterocycles. The fraction of sp³-hybridized carbons (Fsp3) is 0.176. The highest BCUT2D eigenvalue weighted by Gasteiger charge is 2.18. The highest BCUT2D eigenvalue weighted by Crippen LogP contribution is 2.27. The van der Waals surface area contributed by atoms with Crippen LogP contribution in [-0.2, 0) is 4.79 Å². The van der Waals surface area contributed by atoms with E-state index < -0.39 is 0 Å². The van der Waals surface area contributed by atoms with Gasteiger partial charge in [0, 0.05) is 12.1 Å². The van der Waals surface area contributed by atoms with Gasteiger partial charge in [-0.3, -0.25) is 9.59 Å². The normalized spacial score (nSPS) is 10.2. The van der Waals surface area contributed by atoms with Crippen LogP contribution in [-0.4, -0.2) is 37.4 Å². The number of anilines is 1. The first-order valence-corrected chi connectivity index (χ1v) is 7.81. The Bertz CT molecular complexity index is 765. The van der Waals surface area contributed by atoms with Crippen LogP contribution < -0.4 is 10.1 Å². The molecule has 7 heteroatoms. The Balaban J connectivity index is 2.06. The number of ether oxygens (including phenoxy) is 1. The summed E-state index contributed by atoms with van der Waals surface area (Å²) in [6, 6.07) is 11.6. The minimum atomic E-state index is -0.376. The van der Waals surface area contributed by atoms with Crippen molar-refractivity contribution in [3.63, 3.8) is 0 Å². The molecule has 0 atom stereocenters. The second kappa shape index (κ2) is 8.04. The summed E-state index contributed by atoms with van der Waals surface area (Å²) >= 11 is 11.9. The highest BCUT2D eigenvalue weighted by molar-refractivity contribution is 6.33. The van der Waals surface area contributed by atoms with Crippen LogP contribution >= 0.6 is 23.2 Å². The number of hydrogen-bond donors (Lipinski definition) is 1. The third-order valence-electron chi connectivity index (χ3n) is 3.27. The van der Waals surface area contributed by atoms with Gasteiger partial charge in [-0.25, -0.2) is 0 Å². The van der Waals surface area contributed by atoms with Gasteiger partial charge in [-0.05, 0) is 30.3 Å². The lowest BCUT2D eigenvalue weighted by molar-refractivity contribution is -0.116. The number of carbonyl (C=O) groups excluding carboxylic acids is 2. The van der Waals surface area contributed by atoms with E-state index in [1.807, 2.05) is 0 Å². The molecule has 0 aliphatic carbocycles. The molecule has 0 saturated heterocycles. The van der Waals surface area contributed by atoms with Crippen molar-refractivity contribution < 1.29 is 14.3 Å². The van der Waals surface area contributed by atoms with Gasteiger partial charge in [0.05, 0.1) is 29.9 Å². The smallest absolute Gasteiger partial charge is 0.255 e. The zero-order chi connectivity index (χ0) is 17.7. The summed E-state index contributed by atoms with van der Waals surface area (Å²) in [7, 11) is 3.02. The van der Waals surface area contributed by atoms with E-state index in [9.17, 15) is 9.59 Å². The third-order valence-corrected chi connectivity index (χ3v) is 3.83. The summed E-state index contributed by atoms with van der Waals surface area (Å²) in [6.45, 7) is -0.139. The number of nitrogens with one attached hydrogen (secondary N) is 1. The molecule has 1 N–H and O–H groups in total. The number of methoxy groups -OCH3 is 1. The molecule has 24 heavy (non-hydrogen) atoms. The van der Waals surface area contributed by atoms with Crippen molar-refractivity contribution >= 4 is 40.7 Å². The number of amides is 2. The average molecular weight is 367 g/mol. The minimum absolute atomic E-state index is 0.139. The molecule has 0 unspecified atom stereocenters. The lowest BCUT2D eigenvalue weighted by Gasteiger charge is -2.18. The molecule has 0 heterocycles. The topological polar surface area (TPSA) is 58.6 Å². The molecule has 126 valence electrons. The molecule has 0 saturated carbocycles. The van der Waals surface area contributed by atoms with Crippen molar-refractivity contribution in [1.29, 1.82) is 0 Å². The lowest BCUT2D eigenvalue weighted by Crippen LogP contribution is -2.35. The van der Waals surface area contributed by atoms with Crippen molar-refractivity contribution in [2.45, 2.75) is 0 Å². The quantitative estimate of drug-likeness (QED) is 0.877. The Kier molecular flexibility index (Phi) is 6.06. The minimum Gasteiger partial charge on any atom is -0.495 e. The van der Waals surface area contributed by atoms with Gasteiger partial charge in [0.25, 0.3) is 5.91 Å². The Labute approximate surface area is 150 Å². The maximum Gasteiger partial charge on any atom is 0.255 e. The molecule has 0 radical (unpaired) electrons. The van der Waals surface area contributed by atoms with E-state index in [0.29, 0.717) is 27.0 Å². The summed E-state index contributed by atoms with van der Waals surface area (Å²) in [4.78, 5) is 25.8. The van der Waals surface area contributed by atoms with Crippen LogP contribution in [0.15, 0.2) is 42.5 Å². The summed E-state index contributed by atoms with van der Waals surface area (Å²) in [5.74, 6) is -0.236. The van der Waals surface area contributed by atoms with Gasteiger partial charge >= 0.3 is 0 Å². The van der Waals surface area contributed by atoms with Crippen molar-refractivity contribution in [1.82, 2.24) is 4.90 Å². The molecule has 0 fully saturated rings. The lowest BCUT2D eigenvalue weighted by atomic mass is 10.2. The fourth-order valence-electron chi connectivity index (χ4n) is 2.10. The zero-order valence-corrected chi connectivity index (χ0v) is 14.7. The largest absolute Gasteiger partial charge is 0.495 e. The van der Waals surface area contributed by atoms with E-state index in [2.05, 4.69) is 5.32 Å². The zero-order valence-electron chi connectivity index (χ0n) is 13.2. The third kappa shape index (κ3) is 4.40. The van der Waals surface area contributed by atoms with Crippen LogP contribution in [0.3, 0.4) is 0 Å². The molecule has 0 spiro atoms. The molecule has 5 nitrogen and oxygen atoms in total. The average Bonchev–Trinajstić information content (AvgIpc) is 2.54. The predicted molar refractivity (Wildman–Crippen MR) is 95.0 cm³/mol. The molecule has 2 aromatic carbocycles. The van der Waals surface area contributed by atoms with Crippen LogP contribution in [0.5, 0.6) is 5.75 Å². The molecule has 2 amide bonds. The number of hydrogen-bond acceptors (Lipinski definition) is 3. The van der Waals surface area contributed by atoms with Crippen LogP contribution in [0, 0.1) is 0 Å². The Morgan fingerprint density at radius 2 is 1.88 bits per heavy atom. The van der Waals surface area contributed by atoms with Gasteiger partial charge in [-0.1, -0.05) is 35.3 Å². The number of nitrogens with zero attached hydrogens (tertiary/aromatic N) is 1. The maximum absolute atomic E-state index is 12.3. The monoisotopic (exact) mass is 366 g/mol. The fourth-order valence-corrected chi connectivity index (χ4v) is 2.48. The molecule has 2 rings (SSSR count). The Hall–Kier alpha value is -2.24. The molecule has 2 aromatic rings. The standard InChI is InChI=1S/C17H16Cl2N2O3/c1-21(17(23)12-5-3-4-6-13(12)19)10-16(22)20-14-9-11(18)7-8-15(14)24-2/h3-9H,10H2,1-2H3,(H,20,22). The SMILES string of the molecule is COc1ccc(Cl)cc1NC(=O)CN(C)C(=O)c1ccccc1Cl. The molecule has 0 aliphatic heterocycles. The molecular weight excluding hydrogens is 351 g/mol. The molecular formula is C17H16Cl2N2O3. The predicted octanol–water partition coefficient (Wildman–Crippen LogP) is 3.71. The number of rotatable bonds is 5. The highest BCUT2D eigenvalue weighted by atomic mass is 35.5. The van der Waals surface area contributed by atoms with Gasteiger partial charge in [0.15, 0.2) is 0 Å². The van der Waals surface area contributed by atoms with Crippen LogP contribution in [0.2, 0.25) is 10.0 Å². The van der Waals surface area contributed by atoms with E-state index in [-0.39, 0.29) is 18.4 Å². The Morgan fingerprint density at radius 3 is 2.54 bits per heavy atom. The van der Waals surface area contributed by atoms with Crippen LogP contribution in [0.25, 0.3) is 0 Å². The van der Waals surface area contributed by atoms with E-state index in [1.54, 1.807) is 42.5 Å². The molecule has 0 aliphatic rings. The summed E-state index contributed by atoms with van der Waals surface area (Å²) in [5, 5.41) is 3.48. The second-order valence-corrected chi connectivity index (χ2v) is 5.88. The van der Waals surface area contributed by atoms with Gasteiger partial charge in [0.1, 0.15) is 5.75 Å². The van der Waals surface area contributed by atoms with Crippen molar-refractivity contribution in [2.75, 3.05) is 26.0 Å².